The van der Waals surface area contributed by atoms with Gasteiger partial charge in [-0.3, -0.25) is 4.79 Å². The topological polar surface area (TPSA) is 26.3 Å². The Kier molecular flexibility index (Phi) is 4.73. The molecule has 0 aromatic heterocycles. The summed E-state index contributed by atoms with van der Waals surface area (Å²) in [5, 5.41) is 0. The van der Waals surface area contributed by atoms with Crippen molar-refractivity contribution in [3.05, 3.63) is 65.0 Å². The Morgan fingerprint density at radius 1 is 1.14 bits per heavy atom. The Hall–Kier alpha value is -2.16. The standard InChI is InChI=1S/C18H19FO2/c1-12(2)14-9-7-13(8-10-14)11-16(20)18-15(19)5-4-6-17(18)21-3/h4-10,12H,11H2,1-3H3. The number of halogens is 1. The molecule has 0 fully saturated rings. The molecule has 0 N–H and O–H groups in total. The molecule has 0 heterocycles. The van der Waals surface area contributed by atoms with Gasteiger partial charge in [-0.05, 0) is 29.2 Å². The highest BCUT2D eigenvalue weighted by Crippen LogP contribution is 2.23. The van der Waals surface area contributed by atoms with Gasteiger partial charge in [-0.15, -0.1) is 0 Å². The number of ketones is 1. The number of carbonyl (C=O) groups excluding carboxylic acids is 1. The van der Waals surface area contributed by atoms with E-state index in [0.717, 1.165) is 5.56 Å². The molecule has 0 amide bonds. The number of ether oxygens (including phenoxy) is 1. The molecule has 0 aliphatic heterocycles. The molecule has 0 spiro atoms. The number of rotatable bonds is 5. The van der Waals surface area contributed by atoms with E-state index in [2.05, 4.69) is 13.8 Å². The lowest BCUT2D eigenvalue weighted by atomic mass is 9.98. The van der Waals surface area contributed by atoms with Gasteiger partial charge in [0.1, 0.15) is 11.6 Å². The number of hydrogen-bond acceptors (Lipinski definition) is 2. The maximum absolute atomic E-state index is 13.9. The third-order valence-electron chi connectivity index (χ3n) is 3.49. The fourth-order valence-electron chi connectivity index (χ4n) is 2.24. The number of carbonyl (C=O) groups is 1. The molecule has 0 saturated heterocycles. The maximum Gasteiger partial charge on any atom is 0.173 e. The van der Waals surface area contributed by atoms with Gasteiger partial charge in [0.05, 0.1) is 12.7 Å². The molecule has 0 unspecified atom stereocenters. The fourth-order valence-corrected chi connectivity index (χ4v) is 2.24. The van der Waals surface area contributed by atoms with Crippen LogP contribution in [0, 0.1) is 5.82 Å². The summed E-state index contributed by atoms with van der Waals surface area (Å²) in [6, 6.07) is 12.2. The van der Waals surface area contributed by atoms with Crippen LogP contribution in [0.5, 0.6) is 5.75 Å². The van der Waals surface area contributed by atoms with Crippen molar-refractivity contribution in [3.63, 3.8) is 0 Å². The van der Waals surface area contributed by atoms with Crippen LogP contribution < -0.4 is 4.74 Å². The molecule has 2 aromatic rings. The van der Waals surface area contributed by atoms with Crippen molar-refractivity contribution in [1.29, 1.82) is 0 Å². The van der Waals surface area contributed by atoms with Gasteiger partial charge in [-0.2, -0.15) is 0 Å². The van der Waals surface area contributed by atoms with Crippen LogP contribution in [0.15, 0.2) is 42.5 Å². The lowest BCUT2D eigenvalue weighted by Gasteiger charge is -2.09. The van der Waals surface area contributed by atoms with E-state index in [1.807, 2.05) is 24.3 Å². The molecule has 0 saturated carbocycles. The van der Waals surface area contributed by atoms with Crippen LogP contribution in [0.4, 0.5) is 4.39 Å². The molecule has 2 nitrogen and oxygen atoms in total. The van der Waals surface area contributed by atoms with Crippen LogP contribution in [0.3, 0.4) is 0 Å². The van der Waals surface area contributed by atoms with Crippen molar-refractivity contribution >= 4 is 5.78 Å². The smallest absolute Gasteiger partial charge is 0.173 e. The first-order chi connectivity index (χ1) is 10.0. The monoisotopic (exact) mass is 286 g/mol. The summed E-state index contributed by atoms with van der Waals surface area (Å²) in [6.45, 7) is 4.23. The van der Waals surface area contributed by atoms with Gasteiger partial charge in [-0.1, -0.05) is 44.2 Å². The second-order valence-corrected chi connectivity index (χ2v) is 5.31. The number of Topliss-reactive ketones (excluding diaryl/α,β-unsaturated/α-hetero) is 1. The van der Waals surface area contributed by atoms with Crippen molar-refractivity contribution in [1.82, 2.24) is 0 Å². The summed E-state index contributed by atoms with van der Waals surface area (Å²) in [5.74, 6) is -0.0967. The maximum atomic E-state index is 13.9. The molecule has 0 atom stereocenters. The lowest BCUT2D eigenvalue weighted by Crippen LogP contribution is -2.08. The molecule has 3 heteroatoms. The zero-order valence-corrected chi connectivity index (χ0v) is 12.5. The molecule has 0 bridgehead atoms. The molecule has 0 aliphatic rings. The molecule has 2 rings (SSSR count). The van der Waals surface area contributed by atoms with Crippen LogP contribution in [0.25, 0.3) is 0 Å². The average Bonchev–Trinajstić information content (AvgIpc) is 2.47. The third-order valence-corrected chi connectivity index (χ3v) is 3.49. The van der Waals surface area contributed by atoms with E-state index >= 15 is 0 Å². The highest BCUT2D eigenvalue weighted by atomic mass is 19.1. The van der Waals surface area contributed by atoms with Gasteiger partial charge in [0.25, 0.3) is 0 Å². The van der Waals surface area contributed by atoms with Crippen LogP contribution in [0.1, 0.15) is 41.3 Å². The molecule has 0 aliphatic carbocycles. The number of methoxy groups -OCH3 is 1. The Labute approximate surface area is 124 Å². The average molecular weight is 286 g/mol. The van der Waals surface area contributed by atoms with Gasteiger partial charge in [0.2, 0.25) is 0 Å². The lowest BCUT2D eigenvalue weighted by molar-refractivity contribution is 0.0986. The Morgan fingerprint density at radius 3 is 2.38 bits per heavy atom. The van der Waals surface area contributed by atoms with Crippen molar-refractivity contribution in [2.45, 2.75) is 26.2 Å². The van der Waals surface area contributed by atoms with E-state index in [1.54, 1.807) is 6.07 Å². The molecular formula is C18H19FO2. The minimum Gasteiger partial charge on any atom is -0.496 e. The van der Waals surface area contributed by atoms with Gasteiger partial charge >= 0.3 is 0 Å². The third kappa shape index (κ3) is 3.48. The fraction of sp³-hybridized carbons (Fsp3) is 0.278. The molecular weight excluding hydrogens is 267 g/mol. The van der Waals surface area contributed by atoms with E-state index in [1.165, 1.54) is 24.8 Å². The summed E-state index contributed by atoms with van der Waals surface area (Å²) in [7, 11) is 1.43. The molecule has 21 heavy (non-hydrogen) atoms. The molecule has 110 valence electrons. The molecule has 2 aromatic carbocycles. The van der Waals surface area contributed by atoms with Gasteiger partial charge in [0.15, 0.2) is 5.78 Å². The summed E-state index contributed by atoms with van der Waals surface area (Å²) in [4.78, 5) is 12.3. The number of hydrogen-bond donors (Lipinski definition) is 0. The SMILES string of the molecule is COc1cccc(F)c1C(=O)Cc1ccc(C(C)C)cc1. The minimum absolute atomic E-state index is 0.0212. The summed E-state index contributed by atoms with van der Waals surface area (Å²) >= 11 is 0. The minimum atomic E-state index is -0.543. The Bertz CT molecular complexity index is 630. The van der Waals surface area contributed by atoms with E-state index in [0.29, 0.717) is 5.92 Å². The van der Waals surface area contributed by atoms with Crippen LogP contribution in [-0.2, 0) is 6.42 Å². The Morgan fingerprint density at radius 2 is 1.81 bits per heavy atom. The quantitative estimate of drug-likeness (QED) is 0.762. The first kappa shape index (κ1) is 15.2. The predicted octanol–water partition coefficient (Wildman–Crippen LogP) is 4.38. The van der Waals surface area contributed by atoms with Gasteiger partial charge in [0, 0.05) is 6.42 Å². The van der Waals surface area contributed by atoms with Crippen LogP contribution in [-0.4, -0.2) is 12.9 Å². The van der Waals surface area contributed by atoms with Crippen LogP contribution in [0.2, 0.25) is 0 Å². The zero-order chi connectivity index (χ0) is 15.4. The number of benzene rings is 2. The largest absolute Gasteiger partial charge is 0.496 e. The van der Waals surface area contributed by atoms with E-state index < -0.39 is 5.82 Å². The predicted molar refractivity (Wildman–Crippen MR) is 81.5 cm³/mol. The highest BCUT2D eigenvalue weighted by molar-refractivity contribution is 6.00. The summed E-state index contributed by atoms with van der Waals surface area (Å²) in [6.07, 6.45) is 0.162. The first-order valence-corrected chi connectivity index (χ1v) is 6.97. The second-order valence-electron chi connectivity index (χ2n) is 5.31. The van der Waals surface area contributed by atoms with Crippen molar-refractivity contribution in [2.75, 3.05) is 7.11 Å². The Balaban J connectivity index is 2.22. The van der Waals surface area contributed by atoms with Crippen molar-refractivity contribution in [3.8, 4) is 5.75 Å². The van der Waals surface area contributed by atoms with Gasteiger partial charge in [-0.25, -0.2) is 4.39 Å². The summed E-state index contributed by atoms with van der Waals surface area (Å²) in [5.41, 5.74) is 2.11. The van der Waals surface area contributed by atoms with Gasteiger partial charge < -0.3 is 4.74 Å². The van der Waals surface area contributed by atoms with E-state index in [9.17, 15) is 9.18 Å². The van der Waals surface area contributed by atoms with Crippen molar-refractivity contribution < 1.29 is 13.9 Å². The van der Waals surface area contributed by atoms with E-state index in [-0.39, 0.29) is 23.5 Å². The first-order valence-electron chi connectivity index (χ1n) is 6.97. The normalized spacial score (nSPS) is 10.7. The van der Waals surface area contributed by atoms with E-state index in [4.69, 9.17) is 4.74 Å². The molecule has 0 radical (unpaired) electrons. The highest BCUT2D eigenvalue weighted by Gasteiger charge is 2.17. The van der Waals surface area contributed by atoms with Crippen LogP contribution >= 0.6 is 0 Å². The van der Waals surface area contributed by atoms with Crippen molar-refractivity contribution in [2.24, 2.45) is 0 Å². The summed E-state index contributed by atoms with van der Waals surface area (Å²) < 4.78 is 18.9. The second kappa shape index (κ2) is 6.53. The zero-order valence-electron chi connectivity index (χ0n) is 12.5.